The number of hydrogen-bond acceptors (Lipinski definition) is 5. The third kappa shape index (κ3) is 2.90. The molecule has 0 saturated carbocycles. The van der Waals surface area contributed by atoms with Crippen molar-refractivity contribution in [3.63, 3.8) is 0 Å². The van der Waals surface area contributed by atoms with Crippen LogP contribution in [0.1, 0.15) is 21.7 Å². The Labute approximate surface area is 109 Å². The molecule has 0 radical (unpaired) electrons. The maximum absolute atomic E-state index is 11.3. The largest absolute Gasteiger partial charge is 0.465 e. The summed E-state index contributed by atoms with van der Waals surface area (Å²) in [6.07, 6.45) is 0.656. The molecule has 1 aromatic heterocycles. The third-order valence-electron chi connectivity index (χ3n) is 2.87. The molecular formula is C13H14N2O4. The Morgan fingerprint density at radius 3 is 2.58 bits per heavy atom. The lowest BCUT2D eigenvalue weighted by Gasteiger charge is -2.04. The van der Waals surface area contributed by atoms with Crippen molar-refractivity contribution in [3.8, 4) is 0 Å². The van der Waals surface area contributed by atoms with Crippen molar-refractivity contribution in [1.29, 1.82) is 0 Å². The van der Waals surface area contributed by atoms with E-state index in [0.717, 1.165) is 5.56 Å². The molecule has 0 spiro atoms. The molecule has 2 rings (SSSR count). The van der Waals surface area contributed by atoms with Gasteiger partial charge in [-0.05, 0) is 31.0 Å². The highest BCUT2D eigenvalue weighted by molar-refractivity contribution is 5.89. The second kappa shape index (κ2) is 5.51. The van der Waals surface area contributed by atoms with E-state index in [2.05, 4.69) is 14.4 Å². The van der Waals surface area contributed by atoms with E-state index in [1.807, 2.05) is 12.1 Å². The normalized spacial score (nSPS) is 10.4. The molecule has 0 atom stereocenters. The standard InChI is InChI=1S/C13H14N2O4/c1-9-14-19-13(17)15(9)8-7-10-3-5-11(6-4-10)12(16)18-2/h3-6H,7-8H2,1-2H3. The minimum absolute atomic E-state index is 0.363. The molecule has 6 heteroatoms. The Kier molecular flexibility index (Phi) is 3.79. The van der Waals surface area contributed by atoms with Gasteiger partial charge in [0.2, 0.25) is 0 Å². The molecule has 2 aromatic rings. The molecule has 0 N–H and O–H groups in total. The molecule has 0 amide bonds. The molecule has 19 heavy (non-hydrogen) atoms. The fourth-order valence-electron chi connectivity index (χ4n) is 1.76. The summed E-state index contributed by atoms with van der Waals surface area (Å²) in [6.45, 7) is 2.21. The highest BCUT2D eigenvalue weighted by Crippen LogP contribution is 2.07. The molecule has 1 aromatic carbocycles. The van der Waals surface area contributed by atoms with Crippen LogP contribution < -0.4 is 5.76 Å². The molecule has 6 nitrogen and oxygen atoms in total. The summed E-state index contributed by atoms with van der Waals surface area (Å²) < 4.78 is 10.6. The number of hydrogen-bond donors (Lipinski definition) is 0. The third-order valence-corrected chi connectivity index (χ3v) is 2.87. The van der Waals surface area contributed by atoms with Crippen molar-refractivity contribution < 1.29 is 14.1 Å². The van der Waals surface area contributed by atoms with E-state index in [9.17, 15) is 9.59 Å². The smallest absolute Gasteiger partial charge is 0.441 e. The highest BCUT2D eigenvalue weighted by Gasteiger charge is 2.07. The predicted octanol–water partition coefficient (Wildman–Crippen LogP) is 1.17. The molecular weight excluding hydrogens is 248 g/mol. The van der Waals surface area contributed by atoms with Crippen LogP contribution in [0.25, 0.3) is 0 Å². The van der Waals surface area contributed by atoms with Crippen LogP contribution in [0.4, 0.5) is 0 Å². The van der Waals surface area contributed by atoms with Crippen LogP contribution in [0, 0.1) is 6.92 Å². The fraction of sp³-hybridized carbons (Fsp3) is 0.308. The zero-order valence-electron chi connectivity index (χ0n) is 10.8. The quantitative estimate of drug-likeness (QED) is 0.773. The van der Waals surface area contributed by atoms with Crippen molar-refractivity contribution in [1.82, 2.24) is 9.72 Å². The minimum atomic E-state index is -0.455. The van der Waals surface area contributed by atoms with Crippen LogP contribution in [0.5, 0.6) is 0 Å². The Morgan fingerprint density at radius 1 is 1.37 bits per heavy atom. The maximum Gasteiger partial charge on any atom is 0.441 e. The summed E-state index contributed by atoms with van der Waals surface area (Å²) in [7, 11) is 1.34. The van der Waals surface area contributed by atoms with Gasteiger partial charge in [-0.15, -0.1) is 0 Å². The molecule has 0 aliphatic rings. The number of rotatable bonds is 4. The lowest BCUT2D eigenvalue weighted by molar-refractivity contribution is 0.0600. The topological polar surface area (TPSA) is 74.3 Å². The lowest BCUT2D eigenvalue weighted by atomic mass is 10.1. The molecule has 0 aliphatic carbocycles. The number of aryl methyl sites for hydroxylation is 2. The highest BCUT2D eigenvalue weighted by atomic mass is 16.5. The second-order valence-corrected chi connectivity index (χ2v) is 4.09. The first-order valence-electron chi connectivity index (χ1n) is 5.82. The molecule has 0 aliphatic heterocycles. The SMILES string of the molecule is COC(=O)c1ccc(CCn2c(C)noc2=O)cc1. The number of methoxy groups -OCH3 is 1. The number of nitrogens with zero attached hydrogens (tertiary/aromatic N) is 2. The number of carbonyl (C=O) groups is 1. The van der Waals surface area contributed by atoms with E-state index >= 15 is 0 Å². The van der Waals surface area contributed by atoms with Crippen LogP contribution in [-0.2, 0) is 17.7 Å². The molecule has 0 unspecified atom stereocenters. The Balaban J connectivity index is 2.05. The van der Waals surface area contributed by atoms with Gasteiger partial charge in [0.25, 0.3) is 0 Å². The van der Waals surface area contributed by atoms with E-state index in [-0.39, 0.29) is 5.97 Å². The van der Waals surface area contributed by atoms with Crippen molar-refractivity contribution in [3.05, 3.63) is 51.8 Å². The average Bonchev–Trinajstić information content (AvgIpc) is 2.75. The van der Waals surface area contributed by atoms with Crippen LogP contribution in [-0.4, -0.2) is 22.8 Å². The Morgan fingerprint density at radius 2 is 2.05 bits per heavy atom. The first-order valence-corrected chi connectivity index (χ1v) is 5.82. The zero-order chi connectivity index (χ0) is 13.8. The summed E-state index contributed by atoms with van der Waals surface area (Å²) >= 11 is 0. The Bertz CT molecular complexity index is 625. The van der Waals surface area contributed by atoms with E-state index in [1.165, 1.54) is 11.7 Å². The number of ether oxygens (including phenoxy) is 1. The van der Waals surface area contributed by atoms with E-state index < -0.39 is 5.76 Å². The zero-order valence-corrected chi connectivity index (χ0v) is 10.8. The van der Waals surface area contributed by atoms with Crippen molar-refractivity contribution in [2.24, 2.45) is 0 Å². The van der Waals surface area contributed by atoms with Crippen LogP contribution in [0.3, 0.4) is 0 Å². The van der Waals surface area contributed by atoms with E-state index in [1.54, 1.807) is 19.1 Å². The average molecular weight is 262 g/mol. The van der Waals surface area contributed by atoms with Gasteiger partial charge in [0.15, 0.2) is 5.82 Å². The Hall–Kier alpha value is -2.37. The number of aromatic nitrogens is 2. The lowest BCUT2D eigenvalue weighted by Crippen LogP contribution is -2.17. The van der Waals surface area contributed by atoms with Gasteiger partial charge in [-0.1, -0.05) is 17.3 Å². The van der Waals surface area contributed by atoms with Gasteiger partial charge >= 0.3 is 11.7 Å². The van der Waals surface area contributed by atoms with Gasteiger partial charge < -0.3 is 4.74 Å². The molecule has 0 saturated heterocycles. The van der Waals surface area contributed by atoms with Gasteiger partial charge in [-0.25, -0.2) is 9.59 Å². The summed E-state index contributed by atoms with van der Waals surface area (Å²) in [5, 5.41) is 3.59. The second-order valence-electron chi connectivity index (χ2n) is 4.09. The number of benzene rings is 1. The van der Waals surface area contributed by atoms with Crippen LogP contribution in [0.15, 0.2) is 33.6 Å². The fourth-order valence-corrected chi connectivity index (χ4v) is 1.76. The van der Waals surface area contributed by atoms with Crippen LogP contribution >= 0.6 is 0 Å². The molecule has 0 bridgehead atoms. The van der Waals surface area contributed by atoms with Crippen LogP contribution in [0.2, 0.25) is 0 Å². The summed E-state index contributed by atoms with van der Waals surface area (Å²) in [5.74, 6) is -0.266. The molecule has 100 valence electrons. The summed E-state index contributed by atoms with van der Waals surface area (Å²) in [4.78, 5) is 22.6. The van der Waals surface area contributed by atoms with E-state index in [0.29, 0.717) is 24.4 Å². The molecule has 0 fully saturated rings. The number of esters is 1. The monoisotopic (exact) mass is 262 g/mol. The van der Waals surface area contributed by atoms with Gasteiger partial charge in [-0.2, -0.15) is 0 Å². The van der Waals surface area contributed by atoms with Gasteiger partial charge in [0.05, 0.1) is 12.7 Å². The van der Waals surface area contributed by atoms with E-state index in [4.69, 9.17) is 0 Å². The van der Waals surface area contributed by atoms with Crippen molar-refractivity contribution >= 4 is 5.97 Å². The maximum atomic E-state index is 11.3. The van der Waals surface area contributed by atoms with Gasteiger partial charge in [-0.3, -0.25) is 9.09 Å². The van der Waals surface area contributed by atoms with Gasteiger partial charge in [0.1, 0.15) is 0 Å². The predicted molar refractivity (Wildman–Crippen MR) is 67.0 cm³/mol. The van der Waals surface area contributed by atoms with Crippen molar-refractivity contribution in [2.75, 3.05) is 7.11 Å². The first-order chi connectivity index (χ1) is 9.11. The summed E-state index contributed by atoms with van der Waals surface area (Å²) in [6, 6.07) is 7.06. The minimum Gasteiger partial charge on any atom is -0.465 e. The molecule has 1 heterocycles. The first kappa shape index (κ1) is 13.1. The van der Waals surface area contributed by atoms with Crippen molar-refractivity contribution in [2.45, 2.75) is 19.9 Å². The number of carbonyl (C=O) groups excluding carboxylic acids is 1. The summed E-state index contributed by atoms with van der Waals surface area (Å²) in [5.41, 5.74) is 1.52. The van der Waals surface area contributed by atoms with Gasteiger partial charge in [0, 0.05) is 6.54 Å².